The predicted molar refractivity (Wildman–Crippen MR) is 85.7 cm³/mol. The number of amides is 1. The lowest BCUT2D eigenvalue weighted by Crippen LogP contribution is -2.33. The van der Waals surface area contributed by atoms with Crippen molar-refractivity contribution < 1.29 is 18.7 Å². The number of ether oxygens (including phenoxy) is 1. The largest absolute Gasteiger partial charge is 0.482 e. The van der Waals surface area contributed by atoms with Crippen LogP contribution in [0.15, 0.2) is 42.5 Å². The first-order valence-corrected chi connectivity index (χ1v) is 7.34. The summed E-state index contributed by atoms with van der Waals surface area (Å²) in [6, 6.07) is 9.70. The van der Waals surface area contributed by atoms with Gasteiger partial charge < -0.3 is 10.1 Å². The van der Waals surface area contributed by atoms with Crippen LogP contribution in [0.5, 0.6) is 5.75 Å². The molecule has 2 rings (SSSR count). The molecule has 0 aliphatic heterocycles. The van der Waals surface area contributed by atoms with E-state index in [-0.39, 0.29) is 24.7 Å². The van der Waals surface area contributed by atoms with E-state index < -0.39 is 11.7 Å². The van der Waals surface area contributed by atoms with Gasteiger partial charge in [-0.1, -0.05) is 23.2 Å². The number of hydrogen-bond donors (Lipinski definition) is 1. The van der Waals surface area contributed by atoms with Gasteiger partial charge in [0.25, 0.3) is 5.91 Å². The van der Waals surface area contributed by atoms with Gasteiger partial charge >= 0.3 is 0 Å². The molecule has 23 heavy (non-hydrogen) atoms. The molecule has 1 N–H and O–H groups in total. The van der Waals surface area contributed by atoms with E-state index in [1.165, 1.54) is 30.3 Å². The Hall–Kier alpha value is -2.11. The number of ketones is 1. The fourth-order valence-electron chi connectivity index (χ4n) is 1.70. The molecule has 0 heterocycles. The Bertz CT molecular complexity index is 720. The van der Waals surface area contributed by atoms with Crippen molar-refractivity contribution in [3.63, 3.8) is 0 Å². The third-order valence-electron chi connectivity index (χ3n) is 2.86. The van der Waals surface area contributed by atoms with Crippen LogP contribution in [0.4, 0.5) is 4.39 Å². The van der Waals surface area contributed by atoms with E-state index in [4.69, 9.17) is 27.9 Å². The smallest absolute Gasteiger partial charge is 0.258 e. The Morgan fingerprint density at radius 1 is 1.09 bits per heavy atom. The molecule has 0 fully saturated rings. The van der Waals surface area contributed by atoms with Crippen LogP contribution in [0.3, 0.4) is 0 Å². The summed E-state index contributed by atoms with van der Waals surface area (Å²) < 4.78 is 18.0. The molecule has 7 heteroatoms. The Labute approximate surface area is 142 Å². The van der Waals surface area contributed by atoms with E-state index in [9.17, 15) is 14.0 Å². The molecule has 0 radical (unpaired) electrons. The van der Waals surface area contributed by atoms with Crippen molar-refractivity contribution in [1.29, 1.82) is 0 Å². The third kappa shape index (κ3) is 5.23. The molecule has 2 aromatic carbocycles. The van der Waals surface area contributed by atoms with E-state index >= 15 is 0 Å². The Balaban J connectivity index is 1.82. The summed E-state index contributed by atoms with van der Waals surface area (Å²) in [7, 11) is 0. The molecule has 0 spiro atoms. The fourth-order valence-corrected chi connectivity index (χ4v) is 2.03. The molecule has 0 unspecified atom stereocenters. The van der Waals surface area contributed by atoms with Gasteiger partial charge in [0, 0.05) is 16.7 Å². The molecule has 0 bridgehead atoms. The Kier molecular flexibility index (Phi) is 5.96. The first-order chi connectivity index (χ1) is 11.0. The predicted octanol–water partition coefficient (Wildman–Crippen LogP) is 3.51. The zero-order chi connectivity index (χ0) is 16.8. The third-order valence-corrected chi connectivity index (χ3v) is 3.41. The van der Waals surface area contributed by atoms with Gasteiger partial charge in [-0.2, -0.15) is 0 Å². The number of hydrogen-bond acceptors (Lipinski definition) is 3. The van der Waals surface area contributed by atoms with Gasteiger partial charge in [0.1, 0.15) is 11.6 Å². The van der Waals surface area contributed by atoms with Gasteiger partial charge in [0.2, 0.25) is 0 Å². The number of Topliss-reactive ketones (excluding diaryl/α,β-unsaturated/α-hetero) is 1. The molecule has 1 amide bonds. The normalized spacial score (nSPS) is 10.2. The average Bonchev–Trinajstić information content (AvgIpc) is 2.54. The molecule has 120 valence electrons. The summed E-state index contributed by atoms with van der Waals surface area (Å²) in [5.74, 6) is -0.979. The topological polar surface area (TPSA) is 55.4 Å². The van der Waals surface area contributed by atoms with E-state index in [1.807, 2.05) is 0 Å². The summed E-state index contributed by atoms with van der Waals surface area (Å²) in [4.78, 5) is 23.5. The Morgan fingerprint density at radius 3 is 2.48 bits per heavy atom. The van der Waals surface area contributed by atoms with Crippen LogP contribution in [0, 0.1) is 5.82 Å². The number of benzene rings is 2. The summed E-state index contributed by atoms with van der Waals surface area (Å²) >= 11 is 11.7. The summed E-state index contributed by atoms with van der Waals surface area (Å²) in [6.07, 6.45) is 0. The highest BCUT2D eigenvalue weighted by Gasteiger charge is 2.10. The van der Waals surface area contributed by atoms with Crippen LogP contribution in [0.2, 0.25) is 10.0 Å². The molecule has 0 aliphatic rings. The van der Waals surface area contributed by atoms with Crippen LogP contribution in [-0.4, -0.2) is 24.8 Å². The van der Waals surface area contributed by atoms with Crippen LogP contribution >= 0.6 is 23.2 Å². The van der Waals surface area contributed by atoms with Gasteiger partial charge in [-0.25, -0.2) is 4.39 Å². The second-order valence-corrected chi connectivity index (χ2v) is 5.41. The van der Waals surface area contributed by atoms with E-state index in [2.05, 4.69) is 5.32 Å². The van der Waals surface area contributed by atoms with Crippen molar-refractivity contribution in [3.05, 3.63) is 63.9 Å². The van der Waals surface area contributed by atoms with Crippen molar-refractivity contribution in [2.75, 3.05) is 13.2 Å². The number of halogens is 3. The van der Waals surface area contributed by atoms with Gasteiger partial charge in [0.05, 0.1) is 11.6 Å². The second kappa shape index (κ2) is 7.94. The van der Waals surface area contributed by atoms with Crippen LogP contribution < -0.4 is 10.1 Å². The minimum Gasteiger partial charge on any atom is -0.482 e. The maximum atomic E-state index is 12.8. The van der Waals surface area contributed by atoms with Crippen molar-refractivity contribution in [2.45, 2.75) is 0 Å². The van der Waals surface area contributed by atoms with Crippen LogP contribution in [-0.2, 0) is 4.79 Å². The maximum absolute atomic E-state index is 12.8. The lowest BCUT2D eigenvalue weighted by Gasteiger charge is -2.09. The monoisotopic (exact) mass is 355 g/mol. The van der Waals surface area contributed by atoms with E-state index in [0.29, 0.717) is 15.6 Å². The number of nitrogens with one attached hydrogen (secondary N) is 1. The first-order valence-electron chi connectivity index (χ1n) is 6.59. The van der Waals surface area contributed by atoms with Gasteiger partial charge in [-0.3, -0.25) is 9.59 Å². The Morgan fingerprint density at radius 2 is 1.78 bits per heavy atom. The molecule has 0 atom stereocenters. The second-order valence-electron chi connectivity index (χ2n) is 4.57. The van der Waals surface area contributed by atoms with Crippen molar-refractivity contribution >= 4 is 34.9 Å². The molecule has 0 aliphatic carbocycles. The van der Waals surface area contributed by atoms with Gasteiger partial charge in [-0.05, 0) is 36.4 Å². The number of rotatable bonds is 6. The molecule has 0 saturated carbocycles. The molecule has 0 aromatic heterocycles. The zero-order valence-electron chi connectivity index (χ0n) is 11.8. The van der Waals surface area contributed by atoms with Crippen LogP contribution in [0.25, 0.3) is 0 Å². The van der Waals surface area contributed by atoms with Crippen LogP contribution in [0.1, 0.15) is 10.4 Å². The lowest BCUT2D eigenvalue weighted by molar-refractivity contribution is -0.122. The highest BCUT2D eigenvalue weighted by atomic mass is 35.5. The average molecular weight is 356 g/mol. The first kappa shape index (κ1) is 17.2. The molecule has 0 saturated heterocycles. The standard InChI is InChI=1S/C16H12Cl2FNO3/c17-11-3-6-13(18)15(7-11)23-9-16(22)20-8-14(21)10-1-4-12(19)5-2-10/h1-7H,8-9H2,(H,20,22). The van der Waals surface area contributed by atoms with Crippen molar-refractivity contribution in [3.8, 4) is 5.75 Å². The van der Waals surface area contributed by atoms with Gasteiger partial charge in [-0.15, -0.1) is 0 Å². The lowest BCUT2D eigenvalue weighted by atomic mass is 10.1. The quantitative estimate of drug-likeness (QED) is 0.806. The highest BCUT2D eigenvalue weighted by molar-refractivity contribution is 6.34. The SMILES string of the molecule is O=C(COc1cc(Cl)ccc1Cl)NCC(=O)c1ccc(F)cc1. The van der Waals surface area contributed by atoms with E-state index in [0.717, 1.165) is 0 Å². The zero-order valence-corrected chi connectivity index (χ0v) is 13.3. The summed E-state index contributed by atoms with van der Waals surface area (Å²) in [5.41, 5.74) is 0.311. The molecular weight excluding hydrogens is 344 g/mol. The van der Waals surface area contributed by atoms with E-state index in [1.54, 1.807) is 12.1 Å². The van der Waals surface area contributed by atoms with Crippen molar-refractivity contribution in [2.24, 2.45) is 0 Å². The van der Waals surface area contributed by atoms with Crippen molar-refractivity contribution in [1.82, 2.24) is 5.32 Å². The molecular formula is C16H12Cl2FNO3. The highest BCUT2D eigenvalue weighted by Crippen LogP contribution is 2.27. The molecule has 2 aromatic rings. The maximum Gasteiger partial charge on any atom is 0.258 e. The fraction of sp³-hybridized carbons (Fsp3) is 0.125. The van der Waals surface area contributed by atoms with Gasteiger partial charge in [0.15, 0.2) is 12.4 Å². The number of carbonyl (C=O) groups is 2. The minimum absolute atomic E-state index is 0.211. The molecule has 4 nitrogen and oxygen atoms in total. The summed E-state index contributed by atoms with van der Waals surface area (Å²) in [6.45, 7) is -0.520. The minimum atomic E-state index is -0.489. The number of carbonyl (C=O) groups excluding carboxylic acids is 2. The summed E-state index contributed by atoms with van der Waals surface area (Å²) in [5, 5.41) is 3.17.